The molecule has 0 aliphatic carbocycles. The second-order valence-corrected chi connectivity index (χ2v) is 8.94. The number of carbonyl (C=O) groups is 1. The molecule has 3 aromatic rings. The molecule has 0 unspecified atom stereocenters. The van der Waals surface area contributed by atoms with Crippen LogP contribution in [-0.4, -0.2) is 48.6 Å². The van der Waals surface area contributed by atoms with Crippen LogP contribution < -0.4 is 9.64 Å². The van der Waals surface area contributed by atoms with E-state index in [4.69, 9.17) is 32.9 Å². The Morgan fingerprint density at radius 3 is 2.52 bits per heavy atom. The lowest BCUT2D eigenvalue weighted by Gasteiger charge is -2.24. The van der Waals surface area contributed by atoms with Crippen molar-refractivity contribution >= 4 is 55.8 Å². The molecule has 1 amide bonds. The smallest absolute Gasteiger partial charge is 0.266 e. The number of aromatic nitrogens is 1. The first-order valence-electron chi connectivity index (χ1n) is 10.4. The molecule has 0 N–H and O–H groups in total. The van der Waals surface area contributed by atoms with Gasteiger partial charge in [-0.3, -0.25) is 9.69 Å². The van der Waals surface area contributed by atoms with E-state index in [1.165, 1.54) is 16.9 Å². The molecule has 8 heteroatoms. The highest BCUT2D eigenvalue weighted by Gasteiger charge is 2.21. The molecule has 31 heavy (non-hydrogen) atoms. The van der Waals surface area contributed by atoms with Crippen molar-refractivity contribution in [2.45, 2.75) is 27.2 Å². The summed E-state index contributed by atoms with van der Waals surface area (Å²) in [4.78, 5) is 21.9. The number of rotatable bonds is 10. The summed E-state index contributed by atoms with van der Waals surface area (Å²) in [5.41, 5.74) is 2.16. The number of halogens is 2. The molecule has 2 aromatic carbocycles. The molecule has 0 aliphatic heterocycles. The Labute approximate surface area is 197 Å². The molecule has 166 valence electrons. The number of nitrogens with zero attached hydrogens (tertiary/aromatic N) is 3. The highest BCUT2D eigenvalue weighted by molar-refractivity contribution is 7.22. The summed E-state index contributed by atoms with van der Waals surface area (Å²) in [5.74, 6) is 0.271. The molecule has 1 aromatic heterocycles. The van der Waals surface area contributed by atoms with E-state index in [-0.39, 0.29) is 12.5 Å². The number of fused-ring (bicyclic) bond motifs is 1. The summed E-state index contributed by atoms with van der Waals surface area (Å²) in [7, 11) is 0. The lowest BCUT2D eigenvalue weighted by molar-refractivity contribution is -0.120. The van der Waals surface area contributed by atoms with E-state index in [0.29, 0.717) is 27.5 Å². The second kappa shape index (κ2) is 11.1. The van der Waals surface area contributed by atoms with E-state index in [0.717, 1.165) is 36.3 Å². The average Bonchev–Trinajstić information content (AvgIpc) is 3.18. The van der Waals surface area contributed by atoms with Crippen molar-refractivity contribution < 1.29 is 9.53 Å². The molecule has 3 rings (SSSR count). The van der Waals surface area contributed by atoms with Gasteiger partial charge in [-0.05, 0) is 55.4 Å². The minimum atomic E-state index is -0.159. The Balaban J connectivity index is 1.82. The predicted octanol–water partition coefficient (Wildman–Crippen LogP) is 5.92. The Bertz CT molecular complexity index is 1040. The summed E-state index contributed by atoms with van der Waals surface area (Å²) < 4.78 is 6.79. The number of aryl methyl sites for hydroxylation is 1. The van der Waals surface area contributed by atoms with Crippen molar-refractivity contribution in [2.75, 3.05) is 37.7 Å². The maximum atomic E-state index is 13.2. The Morgan fingerprint density at radius 1 is 1.06 bits per heavy atom. The SMILES string of the molecule is CCc1ccc2nc(N(CCN(CC)CC)C(=O)COc3ccc(Cl)cc3Cl)sc2c1. The summed E-state index contributed by atoms with van der Waals surface area (Å²) in [6, 6.07) is 11.2. The third kappa shape index (κ3) is 6.10. The third-order valence-corrected chi connectivity index (χ3v) is 6.73. The summed E-state index contributed by atoms with van der Waals surface area (Å²) >= 11 is 13.7. The number of anilines is 1. The average molecular weight is 480 g/mol. The fourth-order valence-electron chi connectivity index (χ4n) is 3.21. The van der Waals surface area contributed by atoms with Crippen LogP contribution in [0.25, 0.3) is 10.2 Å². The predicted molar refractivity (Wildman–Crippen MR) is 131 cm³/mol. The maximum Gasteiger partial charge on any atom is 0.266 e. The van der Waals surface area contributed by atoms with Crippen molar-refractivity contribution in [3.63, 3.8) is 0 Å². The monoisotopic (exact) mass is 479 g/mol. The van der Waals surface area contributed by atoms with Gasteiger partial charge in [-0.15, -0.1) is 0 Å². The summed E-state index contributed by atoms with van der Waals surface area (Å²) in [5, 5.41) is 1.58. The minimum absolute atomic E-state index is 0.129. The van der Waals surface area contributed by atoms with Crippen LogP contribution in [0.15, 0.2) is 36.4 Å². The van der Waals surface area contributed by atoms with E-state index >= 15 is 0 Å². The van der Waals surface area contributed by atoms with E-state index in [9.17, 15) is 4.79 Å². The molecular weight excluding hydrogens is 453 g/mol. The van der Waals surface area contributed by atoms with E-state index in [2.05, 4.69) is 37.8 Å². The molecule has 0 saturated heterocycles. The number of hydrogen-bond donors (Lipinski definition) is 0. The fraction of sp³-hybridized carbons (Fsp3) is 0.391. The van der Waals surface area contributed by atoms with Gasteiger partial charge >= 0.3 is 0 Å². The zero-order valence-electron chi connectivity index (χ0n) is 18.0. The minimum Gasteiger partial charge on any atom is -0.482 e. The van der Waals surface area contributed by atoms with Gasteiger partial charge in [-0.1, -0.05) is 61.4 Å². The molecule has 0 radical (unpaired) electrons. The van der Waals surface area contributed by atoms with Gasteiger partial charge in [-0.25, -0.2) is 4.98 Å². The Kier molecular flexibility index (Phi) is 8.55. The van der Waals surface area contributed by atoms with Gasteiger partial charge in [0.25, 0.3) is 5.91 Å². The Hall–Kier alpha value is -1.86. The number of benzene rings is 2. The molecule has 0 aliphatic rings. The number of likely N-dealkylation sites (N-methyl/N-ethyl adjacent to an activating group) is 1. The van der Waals surface area contributed by atoms with Crippen LogP contribution in [-0.2, 0) is 11.2 Å². The number of carbonyl (C=O) groups excluding carboxylic acids is 1. The topological polar surface area (TPSA) is 45.7 Å². The van der Waals surface area contributed by atoms with Crippen molar-refractivity contribution in [1.82, 2.24) is 9.88 Å². The molecule has 0 atom stereocenters. The number of ether oxygens (including phenoxy) is 1. The molecule has 5 nitrogen and oxygen atoms in total. The van der Waals surface area contributed by atoms with Crippen LogP contribution in [0.4, 0.5) is 5.13 Å². The van der Waals surface area contributed by atoms with Crippen LogP contribution >= 0.6 is 34.5 Å². The number of hydrogen-bond acceptors (Lipinski definition) is 5. The molecule has 0 bridgehead atoms. The standard InChI is InChI=1S/C23H27Cl2N3O2S/c1-4-16-7-9-19-21(13-16)31-23(26-19)28(12-11-27(5-2)6-3)22(29)15-30-20-10-8-17(24)14-18(20)25/h7-10,13-14H,4-6,11-12,15H2,1-3H3. The lowest BCUT2D eigenvalue weighted by atomic mass is 10.2. The van der Waals surface area contributed by atoms with Crippen LogP contribution in [0, 0.1) is 0 Å². The van der Waals surface area contributed by atoms with Gasteiger partial charge in [-0.2, -0.15) is 0 Å². The number of thiazole rings is 1. The lowest BCUT2D eigenvalue weighted by Crippen LogP contribution is -2.41. The molecule has 0 saturated carbocycles. The zero-order chi connectivity index (χ0) is 22.4. The van der Waals surface area contributed by atoms with Crippen molar-refractivity contribution in [1.29, 1.82) is 0 Å². The summed E-state index contributed by atoms with van der Waals surface area (Å²) in [6.07, 6.45) is 0.962. The van der Waals surface area contributed by atoms with Gasteiger partial charge < -0.3 is 9.64 Å². The van der Waals surface area contributed by atoms with Gasteiger partial charge in [0, 0.05) is 18.1 Å². The van der Waals surface area contributed by atoms with Crippen molar-refractivity contribution in [3.05, 3.63) is 52.0 Å². The van der Waals surface area contributed by atoms with Crippen LogP contribution in [0.5, 0.6) is 5.75 Å². The maximum absolute atomic E-state index is 13.2. The van der Waals surface area contributed by atoms with Crippen molar-refractivity contribution in [2.24, 2.45) is 0 Å². The van der Waals surface area contributed by atoms with Crippen LogP contribution in [0.2, 0.25) is 10.0 Å². The van der Waals surface area contributed by atoms with Gasteiger partial charge in [0.2, 0.25) is 0 Å². The normalized spacial score (nSPS) is 11.3. The van der Waals surface area contributed by atoms with E-state index < -0.39 is 0 Å². The fourth-order valence-corrected chi connectivity index (χ4v) is 4.75. The first kappa shape index (κ1) is 23.8. The van der Waals surface area contributed by atoms with Crippen molar-refractivity contribution in [3.8, 4) is 5.75 Å². The molecular formula is C23H27Cl2N3O2S. The number of amides is 1. The quantitative estimate of drug-likeness (QED) is 0.362. The molecule has 0 spiro atoms. The van der Waals surface area contributed by atoms with Gasteiger partial charge in [0.15, 0.2) is 11.7 Å². The van der Waals surface area contributed by atoms with Gasteiger partial charge in [0.1, 0.15) is 5.75 Å². The van der Waals surface area contributed by atoms with E-state index in [1.54, 1.807) is 23.1 Å². The molecule has 0 fully saturated rings. The highest BCUT2D eigenvalue weighted by atomic mass is 35.5. The highest BCUT2D eigenvalue weighted by Crippen LogP contribution is 2.31. The third-order valence-electron chi connectivity index (χ3n) is 5.16. The van der Waals surface area contributed by atoms with Crippen LogP contribution in [0.3, 0.4) is 0 Å². The van der Waals surface area contributed by atoms with Gasteiger partial charge in [0.05, 0.1) is 15.2 Å². The van der Waals surface area contributed by atoms with Crippen LogP contribution in [0.1, 0.15) is 26.3 Å². The Morgan fingerprint density at radius 2 is 1.84 bits per heavy atom. The first-order valence-corrected chi connectivity index (χ1v) is 12.0. The second-order valence-electron chi connectivity index (χ2n) is 7.09. The first-order chi connectivity index (χ1) is 14.9. The molecule has 1 heterocycles. The zero-order valence-corrected chi connectivity index (χ0v) is 20.4. The summed E-state index contributed by atoms with van der Waals surface area (Å²) in [6.45, 7) is 9.38. The largest absolute Gasteiger partial charge is 0.482 e. The van der Waals surface area contributed by atoms with E-state index in [1.807, 2.05) is 6.07 Å².